The van der Waals surface area contributed by atoms with Crippen LogP contribution in [0.25, 0.3) is 0 Å². The molecule has 0 bridgehead atoms. The molecule has 20 heavy (non-hydrogen) atoms. The Hall–Kier alpha value is -0.130. The summed E-state index contributed by atoms with van der Waals surface area (Å²) in [5, 5.41) is 3.58. The predicted octanol–water partition coefficient (Wildman–Crippen LogP) is 1.91. The van der Waals surface area contributed by atoms with Crippen molar-refractivity contribution in [3.8, 4) is 0 Å². The second-order valence-corrected chi connectivity index (χ2v) is 9.14. The van der Waals surface area contributed by atoms with E-state index in [0.29, 0.717) is 36.4 Å². The molecule has 1 rings (SSSR count). The van der Waals surface area contributed by atoms with Crippen LogP contribution in [0.4, 0.5) is 0 Å². The molecule has 0 aromatic rings. The van der Waals surface area contributed by atoms with E-state index < -0.39 is 9.84 Å². The molecule has 0 aliphatic carbocycles. The summed E-state index contributed by atoms with van der Waals surface area (Å²) < 4.78 is 23.9. The average Bonchev–Trinajstić information content (AvgIpc) is 2.35. The van der Waals surface area contributed by atoms with Crippen molar-refractivity contribution in [3.63, 3.8) is 0 Å². The van der Waals surface area contributed by atoms with Crippen molar-refractivity contribution in [3.05, 3.63) is 0 Å². The summed E-state index contributed by atoms with van der Waals surface area (Å²) in [5.41, 5.74) is 0.0679. The summed E-state index contributed by atoms with van der Waals surface area (Å²) in [6.45, 7) is 13.3. The van der Waals surface area contributed by atoms with E-state index in [4.69, 9.17) is 0 Å². The number of sulfone groups is 1. The van der Waals surface area contributed by atoms with Crippen LogP contribution in [0.2, 0.25) is 0 Å². The molecule has 1 fully saturated rings. The Morgan fingerprint density at radius 2 is 1.95 bits per heavy atom. The highest BCUT2D eigenvalue weighted by Gasteiger charge is 2.34. The van der Waals surface area contributed by atoms with E-state index in [2.05, 4.69) is 37.9 Å². The summed E-state index contributed by atoms with van der Waals surface area (Å²) >= 11 is 0. The number of hydrogen-bond acceptors (Lipinski definition) is 4. The molecule has 2 unspecified atom stereocenters. The number of piperazine rings is 1. The van der Waals surface area contributed by atoms with Crippen LogP contribution in [0, 0.1) is 5.92 Å². The maximum atomic E-state index is 11.9. The van der Waals surface area contributed by atoms with E-state index in [1.165, 1.54) is 0 Å². The Morgan fingerprint density at radius 3 is 2.50 bits per heavy atom. The molecule has 4 nitrogen and oxygen atoms in total. The van der Waals surface area contributed by atoms with Gasteiger partial charge in [-0.15, -0.1) is 0 Å². The molecule has 1 aliphatic rings. The van der Waals surface area contributed by atoms with Crippen LogP contribution in [0.5, 0.6) is 0 Å². The van der Waals surface area contributed by atoms with Gasteiger partial charge in [0.25, 0.3) is 0 Å². The van der Waals surface area contributed by atoms with Crippen LogP contribution >= 0.6 is 0 Å². The number of rotatable bonds is 7. The van der Waals surface area contributed by atoms with Gasteiger partial charge in [-0.2, -0.15) is 0 Å². The molecule has 1 N–H and O–H groups in total. The fourth-order valence-corrected chi connectivity index (χ4v) is 4.28. The summed E-state index contributed by atoms with van der Waals surface area (Å²) in [4.78, 5) is 2.39. The monoisotopic (exact) mass is 304 g/mol. The normalized spacial score (nSPS) is 25.6. The summed E-state index contributed by atoms with van der Waals surface area (Å²) in [6, 6.07) is 0.449. The minimum Gasteiger partial charge on any atom is -0.309 e. The first kappa shape index (κ1) is 17.9. The maximum Gasteiger partial charge on any atom is 0.151 e. The topological polar surface area (TPSA) is 49.4 Å². The quantitative estimate of drug-likeness (QED) is 0.780. The van der Waals surface area contributed by atoms with Gasteiger partial charge in [-0.05, 0) is 26.2 Å². The first-order chi connectivity index (χ1) is 9.21. The molecule has 2 atom stereocenters. The van der Waals surface area contributed by atoms with E-state index in [1.807, 2.05) is 6.92 Å². The number of nitrogens with one attached hydrogen (secondary N) is 1. The Kier molecular flexibility index (Phi) is 6.48. The van der Waals surface area contributed by atoms with Crippen LogP contribution in [0.3, 0.4) is 0 Å². The van der Waals surface area contributed by atoms with Gasteiger partial charge in [0.1, 0.15) is 0 Å². The lowest BCUT2D eigenvalue weighted by Crippen LogP contribution is -2.63. The zero-order valence-corrected chi connectivity index (χ0v) is 14.6. The van der Waals surface area contributed by atoms with E-state index in [-0.39, 0.29) is 5.54 Å². The zero-order chi connectivity index (χ0) is 15.4. The Balaban J connectivity index is 2.70. The minimum absolute atomic E-state index is 0.0679. The van der Waals surface area contributed by atoms with Gasteiger partial charge in [-0.25, -0.2) is 8.42 Å². The van der Waals surface area contributed by atoms with Crippen LogP contribution in [-0.2, 0) is 9.84 Å². The molecule has 5 heteroatoms. The van der Waals surface area contributed by atoms with E-state index in [0.717, 1.165) is 19.5 Å². The van der Waals surface area contributed by atoms with E-state index in [9.17, 15) is 8.42 Å². The van der Waals surface area contributed by atoms with Gasteiger partial charge in [-0.1, -0.05) is 27.2 Å². The van der Waals surface area contributed by atoms with Crippen molar-refractivity contribution in [1.29, 1.82) is 0 Å². The fourth-order valence-electron chi connectivity index (χ4n) is 2.94. The van der Waals surface area contributed by atoms with Crippen LogP contribution < -0.4 is 5.32 Å². The lowest BCUT2D eigenvalue weighted by Gasteiger charge is -2.46. The molecule has 0 aromatic heterocycles. The maximum absolute atomic E-state index is 11.9. The van der Waals surface area contributed by atoms with E-state index in [1.54, 1.807) is 0 Å². The lowest BCUT2D eigenvalue weighted by molar-refractivity contribution is 0.0693. The molecule has 0 radical (unpaired) electrons. The van der Waals surface area contributed by atoms with Crippen molar-refractivity contribution in [1.82, 2.24) is 10.2 Å². The first-order valence-corrected chi connectivity index (χ1v) is 9.72. The molecule has 0 saturated carbocycles. The van der Waals surface area contributed by atoms with Crippen LogP contribution in [-0.4, -0.2) is 56.0 Å². The minimum atomic E-state index is -2.89. The third-order valence-electron chi connectivity index (χ3n) is 4.36. The molecule has 1 aliphatic heterocycles. The number of nitrogens with zero attached hydrogens (tertiary/aromatic N) is 1. The Labute approximate surface area is 125 Å². The molecule has 120 valence electrons. The van der Waals surface area contributed by atoms with Gasteiger partial charge in [0.15, 0.2) is 9.84 Å². The molecular formula is C15H32N2O2S. The van der Waals surface area contributed by atoms with Gasteiger partial charge in [-0.3, -0.25) is 4.90 Å². The lowest BCUT2D eigenvalue weighted by atomic mass is 9.91. The van der Waals surface area contributed by atoms with Crippen molar-refractivity contribution >= 4 is 9.84 Å². The van der Waals surface area contributed by atoms with Crippen molar-refractivity contribution in [2.45, 2.75) is 59.0 Å². The number of hydrogen-bond donors (Lipinski definition) is 1. The fraction of sp³-hybridized carbons (Fsp3) is 1.00. The van der Waals surface area contributed by atoms with Crippen molar-refractivity contribution < 1.29 is 8.42 Å². The van der Waals surface area contributed by atoms with Gasteiger partial charge in [0.2, 0.25) is 0 Å². The van der Waals surface area contributed by atoms with Gasteiger partial charge >= 0.3 is 0 Å². The molecule has 0 spiro atoms. The highest BCUT2D eigenvalue weighted by Crippen LogP contribution is 2.22. The van der Waals surface area contributed by atoms with E-state index >= 15 is 0 Å². The van der Waals surface area contributed by atoms with Crippen molar-refractivity contribution in [2.75, 3.05) is 31.1 Å². The summed E-state index contributed by atoms with van der Waals surface area (Å²) in [7, 11) is -2.89. The third-order valence-corrected chi connectivity index (χ3v) is 6.20. The van der Waals surface area contributed by atoms with Gasteiger partial charge in [0, 0.05) is 37.0 Å². The van der Waals surface area contributed by atoms with Crippen LogP contribution in [0.15, 0.2) is 0 Å². The van der Waals surface area contributed by atoms with Crippen molar-refractivity contribution in [2.24, 2.45) is 5.92 Å². The Bertz CT molecular complexity index is 393. The molecule has 0 aromatic carbocycles. The second-order valence-electron chi connectivity index (χ2n) is 6.84. The SMILES string of the molecule is CCCS(=O)(=O)CCN1CC(C)(C)NCC1C(C)CC. The zero-order valence-electron chi connectivity index (χ0n) is 13.8. The highest BCUT2D eigenvalue weighted by atomic mass is 32.2. The molecule has 0 amide bonds. The third kappa shape index (κ3) is 5.34. The Morgan fingerprint density at radius 1 is 1.30 bits per heavy atom. The molecular weight excluding hydrogens is 272 g/mol. The summed E-state index contributed by atoms with van der Waals surface area (Å²) in [6.07, 6.45) is 1.84. The summed E-state index contributed by atoms with van der Waals surface area (Å²) in [5.74, 6) is 1.20. The van der Waals surface area contributed by atoms with Gasteiger partial charge < -0.3 is 5.32 Å². The highest BCUT2D eigenvalue weighted by molar-refractivity contribution is 7.91. The molecule has 1 heterocycles. The van der Waals surface area contributed by atoms with Crippen LogP contribution in [0.1, 0.15) is 47.5 Å². The standard InChI is InChI=1S/C15H32N2O2S/c1-6-9-20(18,19)10-8-17-12-15(4,5)16-11-14(17)13(3)7-2/h13-14,16H,6-12H2,1-5H3. The predicted molar refractivity (Wildman–Crippen MR) is 85.8 cm³/mol. The van der Waals surface area contributed by atoms with Gasteiger partial charge in [0.05, 0.1) is 5.75 Å². The molecule has 1 saturated heterocycles. The first-order valence-electron chi connectivity index (χ1n) is 7.90. The smallest absolute Gasteiger partial charge is 0.151 e. The largest absolute Gasteiger partial charge is 0.309 e. The average molecular weight is 305 g/mol. The second kappa shape index (κ2) is 7.23.